The zero-order chi connectivity index (χ0) is 10.8. The van der Waals surface area contributed by atoms with Crippen LogP contribution in [-0.2, 0) is 16.0 Å². The quantitative estimate of drug-likeness (QED) is 0.762. The number of fused-ring (bicyclic) bond motifs is 1. The van der Waals surface area contributed by atoms with Gasteiger partial charge < -0.3 is 5.11 Å². The van der Waals surface area contributed by atoms with Crippen molar-refractivity contribution in [3.8, 4) is 0 Å². The van der Waals surface area contributed by atoms with Crippen LogP contribution in [-0.4, -0.2) is 28.5 Å². The van der Waals surface area contributed by atoms with Crippen molar-refractivity contribution in [1.82, 2.24) is 4.98 Å². The van der Waals surface area contributed by atoms with Gasteiger partial charge in [-0.25, -0.2) is 0 Å². The molecule has 0 spiro atoms. The molecular weight excluding hydrogens is 196 g/mol. The zero-order valence-corrected chi connectivity index (χ0v) is 8.01. The number of amides is 1. The van der Waals surface area contributed by atoms with E-state index in [-0.39, 0.29) is 12.5 Å². The first-order valence-corrected chi connectivity index (χ1v) is 4.64. The number of carbonyl (C=O) groups excluding carboxylic acids is 1. The molecule has 2 heterocycles. The van der Waals surface area contributed by atoms with Gasteiger partial charge in [0.05, 0.1) is 11.4 Å². The summed E-state index contributed by atoms with van der Waals surface area (Å²) in [5.74, 6) is -1.17. The predicted octanol–water partition coefficient (Wildman–Crippen LogP) is 0.445. The van der Waals surface area contributed by atoms with Gasteiger partial charge in [-0.1, -0.05) is 0 Å². The Morgan fingerprint density at radius 1 is 1.53 bits per heavy atom. The normalized spacial score (nSPS) is 14.9. The van der Waals surface area contributed by atoms with Gasteiger partial charge in [0.1, 0.15) is 6.54 Å². The molecule has 0 radical (unpaired) electrons. The van der Waals surface area contributed by atoms with E-state index in [0.717, 1.165) is 5.69 Å². The minimum atomic E-state index is -1.01. The molecule has 5 nitrogen and oxygen atoms in total. The van der Waals surface area contributed by atoms with Gasteiger partial charge in [0.25, 0.3) is 0 Å². The molecule has 1 aromatic heterocycles. The van der Waals surface area contributed by atoms with Gasteiger partial charge in [-0.05, 0) is 12.1 Å². The number of aryl methyl sites for hydroxylation is 1. The van der Waals surface area contributed by atoms with Crippen molar-refractivity contribution in [3.63, 3.8) is 0 Å². The summed E-state index contributed by atoms with van der Waals surface area (Å²) in [6.45, 7) is -0.294. The number of pyridine rings is 1. The van der Waals surface area contributed by atoms with Crippen LogP contribution in [0, 0.1) is 0 Å². The summed E-state index contributed by atoms with van der Waals surface area (Å²) in [6.07, 6.45) is 2.57. The number of carboxylic acids is 1. The van der Waals surface area contributed by atoms with Crippen LogP contribution in [0.25, 0.3) is 0 Å². The molecule has 1 amide bonds. The fraction of sp³-hybridized carbons (Fsp3) is 0.300. The average Bonchev–Trinajstić information content (AvgIpc) is 2.22. The number of hydrogen-bond donors (Lipinski definition) is 1. The van der Waals surface area contributed by atoms with E-state index in [4.69, 9.17) is 5.11 Å². The summed E-state index contributed by atoms with van der Waals surface area (Å²) in [7, 11) is 0. The van der Waals surface area contributed by atoms with Gasteiger partial charge in [-0.3, -0.25) is 19.5 Å². The van der Waals surface area contributed by atoms with Gasteiger partial charge in [-0.2, -0.15) is 0 Å². The van der Waals surface area contributed by atoms with E-state index < -0.39 is 5.97 Å². The molecule has 0 aliphatic carbocycles. The summed E-state index contributed by atoms with van der Waals surface area (Å²) in [4.78, 5) is 27.5. The van der Waals surface area contributed by atoms with Crippen LogP contribution in [0.3, 0.4) is 0 Å². The number of aromatic nitrogens is 1. The van der Waals surface area contributed by atoms with Crippen LogP contribution in [0.5, 0.6) is 0 Å². The Kier molecular flexibility index (Phi) is 2.37. The van der Waals surface area contributed by atoms with Gasteiger partial charge in [0.2, 0.25) is 5.91 Å². The van der Waals surface area contributed by atoms with Crippen LogP contribution in [0.2, 0.25) is 0 Å². The van der Waals surface area contributed by atoms with E-state index in [1.807, 2.05) is 0 Å². The first-order valence-electron chi connectivity index (χ1n) is 4.64. The molecule has 0 fully saturated rings. The minimum Gasteiger partial charge on any atom is -0.480 e. The lowest BCUT2D eigenvalue weighted by Crippen LogP contribution is -2.39. The fourth-order valence-corrected chi connectivity index (χ4v) is 1.67. The standard InChI is InChI=1S/C10H10N2O3/c13-9-4-3-7-8(2-1-5-11-7)12(9)6-10(14)15/h1-2,5H,3-4,6H2,(H,14,15). The van der Waals surface area contributed by atoms with Crippen LogP contribution in [0.4, 0.5) is 5.69 Å². The molecule has 5 heteroatoms. The molecule has 2 rings (SSSR count). The zero-order valence-electron chi connectivity index (χ0n) is 8.01. The molecule has 1 aromatic rings. The molecule has 1 aliphatic heterocycles. The lowest BCUT2D eigenvalue weighted by atomic mass is 10.1. The Bertz CT molecular complexity index is 417. The summed E-state index contributed by atoms with van der Waals surface area (Å²) >= 11 is 0. The SMILES string of the molecule is O=C(O)CN1C(=O)CCc2ncccc21. The highest BCUT2D eigenvalue weighted by Crippen LogP contribution is 2.25. The van der Waals surface area contributed by atoms with Gasteiger partial charge >= 0.3 is 5.97 Å². The summed E-state index contributed by atoms with van der Waals surface area (Å²) in [6, 6.07) is 3.43. The molecule has 0 bridgehead atoms. The average molecular weight is 206 g/mol. The first-order chi connectivity index (χ1) is 7.18. The first kappa shape index (κ1) is 9.64. The number of rotatable bonds is 2. The Morgan fingerprint density at radius 3 is 3.07 bits per heavy atom. The number of carbonyl (C=O) groups is 2. The number of nitrogens with zero attached hydrogens (tertiary/aromatic N) is 2. The predicted molar refractivity (Wildman–Crippen MR) is 52.5 cm³/mol. The highest BCUT2D eigenvalue weighted by Gasteiger charge is 2.26. The van der Waals surface area contributed by atoms with E-state index in [2.05, 4.69) is 4.98 Å². The van der Waals surface area contributed by atoms with Gasteiger partial charge in [0, 0.05) is 19.0 Å². The Labute approximate surface area is 86.3 Å². The second-order valence-corrected chi connectivity index (χ2v) is 3.34. The van der Waals surface area contributed by atoms with Gasteiger partial charge in [-0.15, -0.1) is 0 Å². The maximum atomic E-state index is 11.5. The van der Waals surface area contributed by atoms with Crippen molar-refractivity contribution in [2.75, 3.05) is 11.4 Å². The minimum absolute atomic E-state index is 0.155. The number of hydrogen-bond acceptors (Lipinski definition) is 3. The fourth-order valence-electron chi connectivity index (χ4n) is 1.67. The summed E-state index contributed by atoms with van der Waals surface area (Å²) in [5, 5.41) is 8.69. The second kappa shape index (κ2) is 3.68. The van der Waals surface area contributed by atoms with Crippen molar-refractivity contribution in [1.29, 1.82) is 0 Å². The Balaban J connectivity index is 2.37. The van der Waals surface area contributed by atoms with Crippen molar-refractivity contribution >= 4 is 17.6 Å². The molecule has 15 heavy (non-hydrogen) atoms. The monoisotopic (exact) mass is 206 g/mol. The van der Waals surface area contributed by atoms with Crippen LogP contribution >= 0.6 is 0 Å². The van der Waals surface area contributed by atoms with Crippen molar-refractivity contribution in [2.45, 2.75) is 12.8 Å². The van der Waals surface area contributed by atoms with Crippen molar-refractivity contribution < 1.29 is 14.7 Å². The van der Waals surface area contributed by atoms with E-state index in [1.54, 1.807) is 18.3 Å². The maximum Gasteiger partial charge on any atom is 0.323 e. The summed E-state index contributed by atoms with van der Waals surface area (Å²) in [5.41, 5.74) is 1.41. The molecular formula is C10H10N2O3. The highest BCUT2D eigenvalue weighted by atomic mass is 16.4. The van der Waals surface area contributed by atoms with Crippen LogP contribution < -0.4 is 4.90 Å². The molecule has 0 saturated heterocycles. The van der Waals surface area contributed by atoms with Gasteiger partial charge in [0.15, 0.2) is 0 Å². The topological polar surface area (TPSA) is 70.5 Å². The largest absolute Gasteiger partial charge is 0.480 e. The van der Waals surface area contributed by atoms with Crippen molar-refractivity contribution in [3.05, 3.63) is 24.0 Å². The lowest BCUT2D eigenvalue weighted by Gasteiger charge is -2.26. The molecule has 0 aromatic carbocycles. The Hall–Kier alpha value is -1.91. The number of carboxylic acid groups (broad SMARTS) is 1. The Morgan fingerprint density at radius 2 is 2.33 bits per heavy atom. The number of anilines is 1. The highest BCUT2D eigenvalue weighted by molar-refractivity contribution is 5.99. The van der Waals surface area contributed by atoms with E-state index >= 15 is 0 Å². The molecule has 1 N–H and O–H groups in total. The molecule has 78 valence electrons. The smallest absolute Gasteiger partial charge is 0.323 e. The molecule has 0 unspecified atom stereocenters. The van der Waals surface area contributed by atoms with Crippen LogP contribution in [0.15, 0.2) is 18.3 Å². The maximum absolute atomic E-state index is 11.5. The van der Waals surface area contributed by atoms with Crippen molar-refractivity contribution in [2.24, 2.45) is 0 Å². The molecule has 0 atom stereocenters. The van der Waals surface area contributed by atoms with Crippen LogP contribution in [0.1, 0.15) is 12.1 Å². The molecule has 0 saturated carbocycles. The van der Waals surface area contributed by atoms with E-state index in [9.17, 15) is 9.59 Å². The van der Waals surface area contributed by atoms with E-state index in [1.165, 1.54) is 4.90 Å². The third-order valence-electron chi connectivity index (χ3n) is 2.33. The summed E-state index contributed by atoms with van der Waals surface area (Å²) < 4.78 is 0. The number of aliphatic carboxylic acids is 1. The third kappa shape index (κ3) is 1.81. The lowest BCUT2D eigenvalue weighted by molar-refractivity contribution is -0.136. The second-order valence-electron chi connectivity index (χ2n) is 3.34. The molecule has 1 aliphatic rings. The van der Waals surface area contributed by atoms with E-state index in [0.29, 0.717) is 18.5 Å². The third-order valence-corrected chi connectivity index (χ3v) is 2.33.